The van der Waals surface area contributed by atoms with Crippen LogP contribution in [0, 0.1) is 0 Å². The van der Waals surface area contributed by atoms with Crippen molar-refractivity contribution in [3.05, 3.63) is 91.0 Å². The first-order chi connectivity index (χ1) is 20.2. The lowest BCUT2D eigenvalue weighted by Crippen LogP contribution is -2.17. The molecule has 0 saturated heterocycles. The van der Waals surface area contributed by atoms with Crippen molar-refractivity contribution >= 4 is 24.7 Å². The van der Waals surface area contributed by atoms with Crippen LogP contribution in [0.5, 0.6) is 17.2 Å². The summed E-state index contributed by atoms with van der Waals surface area (Å²) in [5, 5.41) is 0. The molecule has 0 aliphatic carbocycles. The summed E-state index contributed by atoms with van der Waals surface area (Å²) in [6, 6.07) is 28.7. The molecule has 0 aliphatic heterocycles. The molecule has 0 spiro atoms. The Morgan fingerprint density at radius 1 is 0.610 bits per heavy atom. The fraction of sp³-hybridized carbons (Fsp3) is 0.400. The summed E-state index contributed by atoms with van der Waals surface area (Å²) in [7, 11) is -6.80. The van der Waals surface area contributed by atoms with Crippen LogP contribution >= 0.6 is 24.7 Å². The van der Waals surface area contributed by atoms with Crippen LogP contribution < -0.4 is 18.4 Å². The maximum atomic E-state index is 6.62. The van der Waals surface area contributed by atoms with Crippen molar-refractivity contribution in [2.75, 3.05) is 19.8 Å². The molecule has 3 aromatic carbocycles. The second kappa shape index (κ2) is 20.0. The molecular weight excluding hydrogens is 577 g/mol. The third-order valence-electron chi connectivity index (χ3n) is 5.40. The summed E-state index contributed by atoms with van der Waals surface area (Å²) < 4.78 is 43.3. The van der Waals surface area contributed by atoms with Gasteiger partial charge in [0.05, 0.1) is 19.8 Å². The minimum absolute atomic E-state index is 0.431. The SMILES string of the molecule is CCCCOP(N=P(NP(OCCCC)Oc1ccccc1)(OCCCC)Oc1ccccc1)Oc1ccccc1. The first kappa shape index (κ1) is 33.5. The van der Waals surface area contributed by atoms with Gasteiger partial charge in [-0.25, -0.2) is 0 Å². The van der Waals surface area contributed by atoms with Crippen LogP contribution in [0.15, 0.2) is 95.5 Å². The van der Waals surface area contributed by atoms with E-state index in [2.05, 4.69) is 25.6 Å². The summed E-state index contributed by atoms with van der Waals surface area (Å²) >= 11 is 0. The molecule has 0 bridgehead atoms. The summed E-state index contributed by atoms with van der Waals surface area (Å²) in [6.07, 6.45) is 5.54. The summed E-state index contributed by atoms with van der Waals surface area (Å²) in [5.41, 5.74) is 0. The average molecular weight is 621 g/mol. The summed E-state index contributed by atoms with van der Waals surface area (Å²) in [5.74, 6) is 1.95. The molecule has 0 aromatic heterocycles. The Morgan fingerprint density at radius 2 is 1.10 bits per heavy atom. The summed E-state index contributed by atoms with van der Waals surface area (Å²) in [6.45, 7) is 7.81. The highest BCUT2D eigenvalue weighted by Crippen LogP contribution is 2.62. The van der Waals surface area contributed by atoms with E-state index in [-0.39, 0.29) is 0 Å². The second-order valence-corrected chi connectivity index (χ2v) is 13.8. The molecule has 0 amide bonds. The Bertz CT molecular complexity index is 1130. The molecule has 1 N–H and O–H groups in total. The van der Waals surface area contributed by atoms with Gasteiger partial charge in [-0.15, -0.1) is 9.37 Å². The van der Waals surface area contributed by atoms with Gasteiger partial charge in [0.15, 0.2) is 0 Å². The van der Waals surface area contributed by atoms with Crippen molar-refractivity contribution in [1.82, 2.24) is 4.86 Å². The Labute approximate surface area is 248 Å². The highest BCUT2D eigenvalue weighted by Gasteiger charge is 2.34. The molecule has 0 saturated carbocycles. The number of benzene rings is 3. The van der Waals surface area contributed by atoms with Gasteiger partial charge in [-0.1, -0.05) is 94.6 Å². The quantitative estimate of drug-likeness (QED) is 0.0937. The van der Waals surface area contributed by atoms with Crippen molar-refractivity contribution in [1.29, 1.82) is 0 Å². The van der Waals surface area contributed by atoms with Gasteiger partial charge < -0.3 is 27.1 Å². The van der Waals surface area contributed by atoms with E-state index in [1.54, 1.807) is 0 Å². The van der Waals surface area contributed by atoms with E-state index >= 15 is 0 Å². The van der Waals surface area contributed by atoms with Crippen molar-refractivity contribution in [3.63, 3.8) is 0 Å². The minimum atomic E-state index is -3.30. The van der Waals surface area contributed by atoms with Crippen LogP contribution in [0.3, 0.4) is 0 Å². The molecule has 3 rings (SSSR count). The fourth-order valence-electron chi connectivity index (χ4n) is 3.17. The molecule has 8 nitrogen and oxygen atoms in total. The van der Waals surface area contributed by atoms with E-state index in [1.165, 1.54) is 0 Å². The van der Waals surface area contributed by atoms with Crippen LogP contribution in [0.2, 0.25) is 0 Å². The molecule has 224 valence electrons. The molecule has 41 heavy (non-hydrogen) atoms. The maximum Gasteiger partial charge on any atom is 0.377 e. The standard InChI is InChI=1S/C30H43N2O6P3/c1-4-7-25-33-39(36-28-19-13-10-14-20-28)31-41(35-27-9-6-3,38-30-23-17-12-18-24-30)32-40(34-26-8-5-2)37-29-21-15-11-16-22-29/h10-24,31H,4-9,25-27H2,1-3H3. The molecule has 3 unspecified atom stereocenters. The zero-order valence-corrected chi connectivity index (χ0v) is 26.9. The molecular formula is C30H43N2O6P3. The number of nitrogens with zero attached hydrogens (tertiary/aromatic N) is 1. The van der Waals surface area contributed by atoms with Crippen molar-refractivity contribution in [2.45, 2.75) is 59.3 Å². The average Bonchev–Trinajstić information content (AvgIpc) is 2.99. The van der Waals surface area contributed by atoms with E-state index < -0.39 is 24.7 Å². The normalized spacial score (nSPS) is 14.0. The highest BCUT2D eigenvalue weighted by molar-refractivity contribution is 7.70. The highest BCUT2D eigenvalue weighted by atomic mass is 31.3. The first-order valence-electron chi connectivity index (χ1n) is 14.3. The van der Waals surface area contributed by atoms with E-state index in [4.69, 9.17) is 31.7 Å². The van der Waals surface area contributed by atoms with E-state index in [9.17, 15) is 0 Å². The Kier molecular flexibility index (Phi) is 16.3. The Balaban J connectivity index is 2.05. The molecule has 0 radical (unpaired) electrons. The van der Waals surface area contributed by atoms with Crippen molar-refractivity contribution < 1.29 is 27.1 Å². The lowest BCUT2D eigenvalue weighted by molar-refractivity contribution is 0.280. The predicted octanol–water partition coefficient (Wildman–Crippen LogP) is 10.7. The molecule has 0 aliphatic rings. The number of hydrogen-bond acceptors (Lipinski definition) is 7. The number of rotatable bonds is 21. The second-order valence-electron chi connectivity index (χ2n) is 8.98. The Morgan fingerprint density at radius 3 is 1.66 bits per heavy atom. The van der Waals surface area contributed by atoms with Crippen LogP contribution in [0.1, 0.15) is 59.3 Å². The largest absolute Gasteiger partial charge is 0.436 e. The first-order valence-corrected chi connectivity index (χ1v) is 18.2. The number of nitrogens with one attached hydrogen (secondary N) is 1. The lowest BCUT2D eigenvalue weighted by atomic mass is 10.3. The van der Waals surface area contributed by atoms with Gasteiger partial charge in [0, 0.05) is 0 Å². The van der Waals surface area contributed by atoms with Gasteiger partial charge in [-0.05, 0) is 55.7 Å². The van der Waals surface area contributed by atoms with Gasteiger partial charge in [-0.2, -0.15) is 0 Å². The molecule has 11 heteroatoms. The molecule has 3 aromatic rings. The van der Waals surface area contributed by atoms with Gasteiger partial charge in [-0.3, -0.25) is 0 Å². The van der Waals surface area contributed by atoms with Crippen LogP contribution in [-0.4, -0.2) is 19.8 Å². The van der Waals surface area contributed by atoms with Crippen LogP contribution in [0.25, 0.3) is 0 Å². The minimum Gasteiger partial charge on any atom is -0.436 e. The third-order valence-corrected chi connectivity index (χ3v) is 11.1. The maximum absolute atomic E-state index is 6.62. The molecule has 0 heterocycles. The van der Waals surface area contributed by atoms with E-state index in [1.807, 2.05) is 91.0 Å². The predicted molar refractivity (Wildman–Crippen MR) is 170 cm³/mol. The summed E-state index contributed by atoms with van der Waals surface area (Å²) in [4.78, 5) is 3.47. The fourth-order valence-corrected chi connectivity index (χ4v) is 8.92. The number of para-hydroxylation sites is 3. The smallest absolute Gasteiger partial charge is 0.377 e. The lowest BCUT2D eigenvalue weighted by Gasteiger charge is -2.29. The molecule has 3 atom stereocenters. The monoisotopic (exact) mass is 620 g/mol. The van der Waals surface area contributed by atoms with Gasteiger partial charge in [0.2, 0.25) is 0 Å². The van der Waals surface area contributed by atoms with E-state index in [0.717, 1.165) is 38.5 Å². The van der Waals surface area contributed by atoms with E-state index in [0.29, 0.717) is 37.1 Å². The van der Waals surface area contributed by atoms with Crippen LogP contribution in [-0.2, 0) is 13.6 Å². The third kappa shape index (κ3) is 13.2. The number of unbranched alkanes of at least 4 members (excludes halogenated alkanes) is 3. The van der Waals surface area contributed by atoms with Crippen molar-refractivity contribution in [3.8, 4) is 17.2 Å². The van der Waals surface area contributed by atoms with Crippen LogP contribution in [0.4, 0.5) is 0 Å². The molecule has 0 fully saturated rings. The van der Waals surface area contributed by atoms with Crippen molar-refractivity contribution in [2.24, 2.45) is 4.52 Å². The zero-order valence-electron chi connectivity index (χ0n) is 24.3. The number of hydrogen-bond donors (Lipinski definition) is 1. The topological polar surface area (TPSA) is 79.8 Å². The Hall–Kier alpha value is -2.01. The zero-order chi connectivity index (χ0) is 29.0. The van der Waals surface area contributed by atoms with Gasteiger partial charge in [0.1, 0.15) is 17.2 Å². The van der Waals surface area contributed by atoms with Gasteiger partial charge in [0.25, 0.3) is 0 Å². The van der Waals surface area contributed by atoms with Gasteiger partial charge >= 0.3 is 24.7 Å².